The summed E-state index contributed by atoms with van der Waals surface area (Å²) in [5.41, 5.74) is 0.994. The van der Waals surface area contributed by atoms with Crippen LogP contribution < -0.4 is 0 Å². The minimum Gasteiger partial charge on any atom is -0.477 e. The van der Waals surface area contributed by atoms with E-state index in [9.17, 15) is 9.59 Å². The summed E-state index contributed by atoms with van der Waals surface area (Å²) >= 11 is 6.64. The summed E-state index contributed by atoms with van der Waals surface area (Å²) in [4.78, 5) is 29.5. The second kappa shape index (κ2) is 5.26. The van der Waals surface area contributed by atoms with Crippen LogP contribution in [0.25, 0.3) is 0 Å². The van der Waals surface area contributed by atoms with Crippen molar-refractivity contribution in [3.8, 4) is 0 Å². The Labute approximate surface area is 125 Å². The Morgan fingerprint density at radius 2 is 1.95 bits per heavy atom. The van der Waals surface area contributed by atoms with E-state index in [1.807, 2.05) is 6.92 Å². The van der Waals surface area contributed by atoms with Gasteiger partial charge < -0.3 is 10.1 Å². The van der Waals surface area contributed by atoms with Gasteiger partial charge in [-0.3, -0.25) is 4.79 Å². The molecule has 7 heteroatoms. The molecule has 1 aromatic heterocycles. The maximum atomic E-state index is 12.3. The van der Waals surface area contributed by atoms with Crippen LogP contribution in [0.2, 0.25) is 0 Å². The lowest BCUT2D eigenvalue weighted by Crippen LogP contribution is -2.10. The lowest BCUT2D eigenvalue weighted by Gasteiger charge is -2.06. The van der Waals surface area contributed by atoms with Crippen molar-refractivity contribution in [2.24, 2.45) is 0 Å². The zero-order chi connectivity index (χ0) is 14.2. The largest absolute Gasteiger partial charge is 0.477 e. The molecule has 2 N–H and O–H groups in total. The van der Waals surface area contributed by atoms with Crippen molar-refractivity contribution in [1.82, 2.24) is 9.97 Å². The van der Waals surface area contributed by atoms with Crippen molar-refractivity contribution in [2.45, 2.75) is 6.92 Å². The number of nitrogens with one attached hydrogen (secondary N) is 1. The maximum Gasteiger partial charge on any atom is 0.354 e. The summed E-state index contributed by atoms with van der Waals surface area (Å²) in [5, 5.41) is 8.97. The van der Waals surface area contributed by atoms with Gasteiger partial charge in [0.2, 0.25) is 5.78 Å². The molecule has 0 aliphatic rings. The van der Waals surface area contributed by atoms with Crippen molar-refractivity contribution in [2.75, 3.05) is 0 Å². The van der Waals surface area contributed by atoms with E-state index in [1.165, 1.54) is 6.33 Å². The number of benzene rings is 1. The van der Waals surface area contributed by atoms with Crippen molar-refractivity contribution in [3.63, 3.8) is 0 Å². The summed E-state index contributed by atoms with van der Waals surface area (Å²) in [5.74, 6) is -1.67. The molecule has 2 aromatic rings. The molecule has 0 amide bonds. The van der Waals surface area contributed by atoms with Gasteiger partial charge in [0.05, 0.1) is 6.33 Å². The van der Waals surface area contributed by atoms with Gasteiger partial charge in [-0.1, -0.05) is 31.9 Å². The Morgan fingerprint density at radius 1 is 1.26 bits per heavy atom. The molecular formula is C12H8Br2N2O3. The average molecular weight is 388 g/mol. The molecule has 0 saturated carbocycles. The van der Waals surface area contributed by atoms with E-state index >= 15 is 0 Å². The van der Waals surface area contributed by atoms with Gasteiger partial charge in [0.1, 0.15) is 5.69 Å². The van der Waals surface area contributed by atoms with Crippen LogP contribution in [-0.4, -0.2) is 26.8 Å². The van der Waals surface area contributed by atoms with Crippen LogP contribution >= 0.6 is 31.9 Å². The van der Waals surface area contributed by atoms with Crippen LogP contribution in [0.15, 0.2) is 27.4 Å². The van der Waals surface area contributed by atoms with Gasteiger partial charge in [-0.05, 0) is 24.6 Å². The van der Waals surface area contributed by atoms with Crippen molar-refractivity contribution in [1.29, 1.82) is 0 Å². The third kappa shape index (κ3) is 2.62. The molecule has 0 fully saturated rings. The molecule has 2 rings (SSSR count). The van der Waals surface area contributed by atoms with Crippen LogP contribution in [0.1, 0.15) is 32.1 Å². The fourth-order valence-corrected chi connectivity index (χ4v) is 2.56. The molecule has 19 heavy (non-hydrogen) atoms. The molecule has 0 saturated heterocycles. The highest BCUT2D eigenvalue weighted by Gasteiger charge is 2.23. The first-order valence-corrected chi connectivity index (χ1v) is 6.77. The fourth-order valence-electron chi connectivity index (χ4n) is 1.58. The number of nitrogens with zero attached hydrogens (tertiary/aromatic N) is 1. The number of H-pyrrole nitrogens is 1. The number of hydrogen-bond acceptors (Lipinski definition) is 3. The molecule has 0 aliphatic heterocycles. The van der Waals surface area contributed by atoms with Crippen LogP contribution in [0.3, 0.4) is 0 Å². The van der Waals surface area contributed by atoms with E-state index < -0.39 is 11.8 Å². The summed E-state index contributed by atoms with van der Waals surface area (Å²) < 4.78 is 1.36. The van der Waals surface area contributed by atoms with Crippen LogP contribution in [0, 0.1) is 6.92 Å². The number of aromatic amines is 1. The maximum absolute atomic E-state index is 12.3. The number of carbonyl (C=O) groups is 2. The lowest BCUT2D eigenvalue weighted by atomic mass is 10.1. The first-order chi connectivity index (χ1) is 8.91. The monoisotopic (exact) mass is 386 g/mol. The summed E-state index contributed by atoms with van der Waals surface area (Å²) in [6, 6.07) is 3.42. The van der Waals surface area contributed by atoms with E-state index in [-0.39, 0.29) is 11.4 Å². The molecule has 98 valence electrons. The van der Waals surface area contributed by atoms with E-state index in [2.05, 4.69) is 41.8 Å². The standard InChI is InChI=1S/C12H8Br2N2O3/c1-5-2-8(14)6(3-7(5)13)11(17)9-10(12(18)19)16-4-15-9/h2-4H,1H3,(H,15,16)(H,18,19). The Bertz CT molecular complexity index is 680. The number of halogens is 2. The normalized spacial score (nSPS) is 10.5. The van der Waals surface area contributed by atoms with Gasteiger partial charge >= 0.3 is 5.97 Å². The van der Waals surface area contributed by atoms with E-state index in [1.54, 1.807) is 12.1 Å². The first-order valence-electron chi connectivity index (χ1n) is 5.19. The number of aryl methyl sites for hydroxylation is 1. The van der Waals surface area contributed by atoms with Gasteiger partial charge in [-0.2, -0.15) is 0 Å². The number of imidazole rings is 1. The Kier molecular flexibility index (Phi) is 3.86. The average Bonchev–Trinajstić information content (AvgIpc) is 2.82. The molecular weight excluding hydrogens is 380 g/mol. The highest BCUT2D eigenvalue weighted by Crippen LogP contribution is 2.27. The molecule has 0 atom stereocenters. The summed E-state index contributed by atoms with van der Waals surface area (Å²) in [6.07, 6.45) is 1.19. The summed E-state index contributed by atoms with van der Waals surface area (Å²) in [6.45, 7) is 1.89. The van der Waals surface area contributed by atoms with E-state index in [0.717, 1.165) is 10.0 Å². The number of carboxylic acids is 1. The van der Waals surface area contributed by atoms with Gasteiger partial charge in [0.25, 0.3) is 0 Å². The molecule has 5 nitrogen and oxygen atoms in total. The Morgan fingerprint density at radius 3 is 2.58 bits per heavy atom. The van der Waals surface area contributed by atoms with Gasteiger partial charge in [0, 0.05) is 14.5 Å². The molecule has 1 heterocycles. The first kappa shape index (κ1) is 14.0. The number of aromatic nitrogens is 2. The molecule has 0 bridgehead atoms. The third-order valence-corrected chi connectivity index (χ3v) is 4.07. The summed E-state index contributed by atoms with van der Waals surface area (Å²) in [7, 11) is 0. The quantitative estimate of drug-likeness (QED) is 0.792. The zero-order valence-corrected chi connectivity index (χ0v) is 12.9. The minimum absolute atomic E-state index is 0.107. The van der Waals surface area contributed by atoms with Crippen LogP contribution in [-0.2, 0) is 0 Å². The van der Waals surface area contributed by atoms with Crippen molar-refractivity contribution >= 4 is 43.6 Å². The topological polar surface area (TPSA) is 83.0 Å². The SMILES string of the molecule is Cc1cc(Br)c(C(=O)c2nc[nH]c2C(=O)O)cc1Br. The third-order valence-electron chi connectivity index (χ3n) is 2.56. The number of aromatic carboxylic acids is 1. The van der Waals surface area contributed by atoms with Crippen molar-refractivity contribution < 1.29 is 14.7 Å². The molecule has 0 aliphatic carbocycles. The number of ketones is 1. The molecule has 0 radical (unpaired) electrons. The van der Waals surface area contributed by atoms with Gasteiger partial charge in [0.15, 0.2) is 5.69 Å². The van der Waals surface area contributed by atoms with Gasteiger partial charge in [-0.25, -0.2) is 9.78 Å². The smallest absolute Gasteiger partial charge is 0.354 e. The number of rotatable bonds is 3. The Balaban J connectivity index is 2.53. The number of carboxylic acid groups (broad SMARTS) is 1. The predicted octanol–water partition coefficient (Wildman–Crippen LogP) is 3.17. The zero-order valence-electron chi connectivity index (χ0n) is 9.70. The Hall–Kier alpha value is -1.47. The highest BCUT2D eigenvalue weighted by molar-refractivity contribution is 9.11. The second-order valence-corrected chi connectivity index (χ2v) is 5.55. The fraction of sp³-hybridized carbons (Fsp3) is 0.0833. The van der Waals surface area contributed by atoms with E-state index in [4.69, 9.17) is 5.11 Å². The number of hydrogen-bond donors (Lipinski definition) is 2. The van der Waals surface area contributed by atoms with E-state index in [0.29, 0.717) is 10.0 Å². The lowest BCUT2D eigenvalue weighted by molar-refractivity contribution is 0.0687. The van der Waals surface area contributed by atoms with Crippen LogP contribution in [0.4, 0.5) is 0 Å². The predicted molar refractivity (Wildman–Crippen MR) is 75.6 cm³/mol. The molecule has 1 aromatic carbocycles. The number of carbonyl (C=O) groups excluding carboxylic acids is 1. The minimum atomic E-state index is -1.22. The van der Waals surface area contributed by atoms with Crippen molar-refractivity contribution in [3.05, 3.63) is 49.9 Å². The van der Waals surface area contributed by atoms with Crippen LogP contribution in [0.5, 0.6) is 0 Å². The molecule has 0 unspecified atom stereocenters. The molecule has 0 spiro atoms. The second-order valence-electron chi connectivity index (χ2n) is 3.84. The van der Waals surface area contributed by atoms with Gasteiger partial charge in [-0.15, -0.1) is 0 Å². The highest BCUT2D eigenvalue weighted by atomic mass is 79.9.